The Labute approximate surface area is 108 Å². The third-order valence-corrected chi connectivity index (χ3v) is 3.23. The van der Waals surface area contributed by atoms with E-state index in [-0.39, 0.29) is 6.61 Å². The molecule has 0 aliphatic carbocycles. The first-order chi connectivity index (χ1) is 8.75. The highest BCUT2D eigenvalue weighted by atomic mass is 32.1. The van der Waals surface area contributed by atoms with E-state index in [9.17, 15) is 8.78 Å². The van der Waals surface area contributed by atoms with Gasteiger partial charge in [-0.1, -0.05) is 30.3 Å². The van der Waals surface area contributed by atoms with E-state index in [2.05, 4.69) is 4.98 Å². The zero-order chi connectivity index (χ0) is 12.8. The van der Waals surface area contributed by atoms with Gasteiger partial charge < -0.3 is 4.74 Å². The summed E-state index contributed by atoms with van der Waals surface area (Å²) in [7, 11) is 0. The maximum atomic E-state index is 11.8. The fourth-order valence-corrected chi connectivity index (χ4v) is 2.29. The number of ether oxygens (including phenoxy) is 1. The molecule has 0 N–H and O–H groups in total. The van der Waals surface area contributed by atoms with Crippen LogP contribution in [-0.4, -0.2) is 24.6 Å². The molecule has 0 aliphatic rings. The molecule has 0 bridgehead atoms. The standard InChI is InChI=1S/C13H13F2NOS/c14-12(15)8-17-7-6-13-16-11(9-18-13)10-4-2-1-3-5-10/h1-5,9,12H,6-8H2. The molecule has 0 amide bonds. The third-order valence-electron chi connectivity index (χ3n) is 2.33. The van der Waals surface area contributed by atoms with E-state index in [1.807, 2.05) is 35.7 Å². The molecule has 18 heavy (non-hydrogen) atoms. The molecule has 5 heteroatoms. The summed E-state index contributed by atoms with van der Waals surface area (Å²) in [5.41, 5.74) is 1.98. The SMILES string of the molecule is FC(F)COCCc1nc(-c2ccccc2)cs1. The van der Waals surface area contributed by atoms with Crippen LogP contribution in [0, 0.1) is 0 Å². The van der Waals surface area contributed by atoms with Crippen LogP contribution in [0.2, 0.25) is 0 Å². The van der Waals surface area contributed by atoms with Crippen molar-refractivity contribution in [3.05, 3.63) is 40.7 Å². The highest BCUT2D eigenvalue weighted by Crippen LogP contribution is 2.21. The molecule has 0 aliphatic heterocycles. The number of aromatic nitrogens is 1. The molecule has 0 radical (unpaired) electrons. The Morgan fingerprint density at radius 1 is 1.22 bits per heavy atom. The van der Waals surface area contributed by atoms with Gasteiger partial charge >= 0.3 is 0 Å². The van der Waals surface area contributed by atoms with Crippen molar-refractivity contribution in [2.45, 2.75) is 12.8 Å². The van der Waals surface area contributed by atoms with Crippen LogP contribution in [0.15, 0.2) is 35.7 Å². The molecule has 0 unspecified atom stereocenters. The lowest BCUT2D eigenvalue weighted by atomic mass is 10.2. The summed E-state index contributed by atoms with van der Waals surface area (Å²) in [5, 5.41) is 2.88. The van der Waals surface area contributed by atoms with Gasteiger partial charge in [-0.25, -0.2) is 13.8 Å². The van der Waals surface area contributed by atoms with Crippen LogP contribution in [0.1, 0.15) is 5.01 Å². The number of halogens is 2. The number of rotatable bonds is 6. The van der Waals surface area contributed by atoms with Gasteiger partial charge in [-0.3, -0.25) is 0 Å². The molecule has 0 saturated carbocycles. The second kappa shape index (κ2) is 6.56. The van der Waals surface area contributed by atoms with E-state index in [4.69, 9.17) is 4.74 Å². The van der Waals surface area contributed by atoms with Crippen LogP contribution in [0.4, 0.5) is 8.78 Å². The van der Waals surface area contributed by atoms with Crippen LogP contribution in [0.25, 0.3) is 11.3 Å². The van der Waals surface area contributed by atoms with Crippen molar-refractivity contribution >= 4 is 11.3 Å². The lowest BCUT2D eigenvalue weighted by Gasteiger charge is -2.00. The monoisotopic (exact) mass is 269 g/mol. The summed E-state index contributed by atoms with van der Waals surface area (Å²) in [4.78, 5) is 4.45. The van der Waals surface area contributed by atoms with E-state index < -0.39 is 13.0 Å². The number of hydrogen-bond acceptors (Lipinski definition) is 3. The second-order valence-electron chi connectivity index (χ2n) is 3.71. The Kier molecular flexibility index (Phi) is 4.78. The maximum Gasteiger partial charge on any atom is 0.261 e. The highest BCUT2D eigenvalue weighted by molar-refractivity contribution is 7.09. The lowest BCUT2D eigenvalue weighted by Crippen LogP contribution is -2.06. The number of benzene rings is 1. The van der Waals surface area contributed by atoms with Gasteiger partial charge in [-0.05, 0) is 0 Å². The fourth-order valence-electron chi connectivity index (χ4n) is 1.50. The molecule has 0 fully saturated rings. The molecule has 96 valence electrons. The average Bonchev–Trinajstić information content (AvgIpc) is 2.84. The van der Waals surface area contributed by atoms with Gasteiger partial charge in [-0.15, -0.1) is 11.3 Å². The Morgan fingerprint density at radius 3 is 2.72 bits per heavy atom. The topological polar surface area (TPSA) is 22.1 Å². The molecule has 1 heterocycles. The third kappa shape index (κ3) is 3.85. The summed E-state index contributed by atoms with van der Waals surface area (Å²) in [6.07, 6.45) is -1.83. The lowest BCUT2D eigenvalue weighted by molar-refractivity contribution is 0.0187. The van der Waals surface area contributed by atoms with E-state index in [1.54, 1.807) is 0 Å². The maximum absolute atomic E-state index is 11.8. The molecule has 2 rings (SSSR count). The Morgan fingerprint density at radius 2 is 2.00 bits per heavy atom. The largest absolute Gasteiger partial charge is 0.375 e. The minimum absolute atomic E-state index is 0.284. The predicted octanol–water partition coefficient (Wildman–Crippen LogP) is 3.63. The van der Waals surface area contributed by atoms with Crippen LogP contribution in [-0.2, 0) is 11.2 Å². The predicted molar refractivity (Wildman–Crippen MR) is 68.1 cm³/mol. The molecule has 0 atom stereocenters. The quantitative estimate of drug-likeness (QED) is 0.747. The smallest absolute Gasteiger partial charge is 0.261 e. The Bertz CT molecular complexity index is 473. The summed E-state index contributed by atoms with van der Waals surface area (Å²) < 4.78 is 28.5. The van der Waals surface area contributed by atoms with Crippen LogP contribution >= 0.6 is 11.3 Å². The molecule has 1 aromatic carbocycles. The number of nitrogens with zero attached hydrogens (tertiary/aromatic N) is 1. The van der Waals surface area contributed by atoms with Crippen LogP contribution in [0.3, 0.4) is 0 Å². The van der Waals surface area contributed by atoms with Crippen LogP contribution in [0.5, 0.6) is 0 Å². The second-order valence-corrected chi connectivity index (χ2v) is 4.65. The van der Waals surface area contributed by atoms with Gasteiger partial charge in [0.15, 0.2) is 0 Å². The van der Waals surface area contributed by atoms with Crippen molar-refractivity contribution in [2.24, 2.45) is 0 Å². The fraction of sp³-hybridized carbons (Fsp3) is 0.308. The van der Waals surface area contributed by atoms with E-state index >= 15 is 0 Å². The number of thiazole rings is 1. The Balaban J connectivity index is 1.87. The summed E-state index contributed by atoms with van der Waals surface area (Å²) in [5.74, 6) is 0. The van der Waals surface area contributed by atoms with Gasteiger partial charge in [0.25, 0.3) is 6.43 Å². The molecular formula is C13H13F2NOS. The van der Waals surface area contributed by atoms with Gasteiger partial charge in [0.1, 0.15) is 6.61 Å². The molecule has 0 spiro atoms. The van der Waals surface area contributed by atoms with Gasteiger partial charge in [0.2, 0.25) is 0 Å². The van der Waals surface area contributed by atoms with Crippen molar-refractivity contribution in [1.29, 1.82) is 0 Å². The van der Waals surface area contributed by atoms with Crippen molar-refractivity contribution < 1.29 is 13.5 Å². The summed E-state index contributed by atoms with van der Waals surface area (Å²) in [6.45, 7) is -0.219. The zero-order valence-electron chi connectivity index (χ0n) is 9.68. The first kappa shape index (κ1) is 13.1. The zero-order valence-corrected chi connectivity index (χ0v) is 10.5. The number of hydrogen-bond donors (Lipinski definition) is 0. The normalized spacial score (nSPS) is 11.1. The molecular weight excluding hydrogens is 256 g/mol. The van der Waals surface area contributed by atoms with Crippen molar-refractivity contribution in [3.8, 4) is 11.3 Å². The average molecular weight is 269 g/mol. The van der Waals surface area contributed by atoms with Gasteiger partial charge in [0.05, 0.1) is 17.3 Å². The van der Waals surface area contributed by atoms with Gasteiger partial charge in [0, 0.05) is 17.4 Å². The van der Waals surface area contributed by atoms with Crippen LogP contribution < -0.4 is 0 Å². The van der Waals surface area contributed by atoms with E-state index in [1.165, 1.54) is 11.3 Å². The molecule has 2 aromatic rings. The first-order valence-electron chi connectivity index (χ1n) is 5.61. The minimum Gasteiger partial charge on any atom is -0.375 e. The van der Waals surface area contributed by atoms with E-state index in [0.29, 0.717) is 6.42 Å². The minimum atomic E-state index is -2.40. The van der Waals surface area contributed by atoms with Crippen molar-refractivity contribution in [1.82, 2.24) is 4.98 Å². The van der Waals surface area contributed by atoms with E-state index in [0.717, 1.165) is 16.3 Å². The van der Waals surface area contributed by atoms with Gasteiger partial charge in [-0.2, -0.15) is 0 Å². The molecule has 1 aromatic heterocycles. The summed E-state index contributed by atoms with van der Waals surface area (Å²) >= 11 is 1.52. The molecule has 2 nitrogen and oxygen atoms in total. The number of alkyl halides is 2. The molecule has 0 saturated heterocycles. The van der Waals surface area contributed by atoms with Crippen molar-refractivity contribution in [3.63, 3.8) is 0 Å². The first-order valence-corrected chi connectivity index (χ1v) is 6.49. The van der Waals surface area contributed by atoms with Crippen molar-refractivity contribution in [2.75, 3.05) is 13.2 Å². The summed E-state index contributed by atoms with van der Waals surface area (Å²) in [6, 6.07) is 9.85. The highest BCUT2D eigenvalue weighted by Gasteiger charge is 2.05. The Hall–Kier alpha value is -1.33.